The molecular formula is C6H14F3N2O+. The van der Waals surface area contributed by atoms with Gasteiger partial charge in [-0.25, -0.2) is 5.90 Å². The average molecular weight is 187 g/mol. The third-order valence-corrected chi connectivity index (χ3v) is 1.42. The fraction of sp³-hybridized carbons (Fsp3) is 1.00. The standard InChI is InChI=1S/C6H14F3N2O/c1-11(2,3-4-12-10)5-6(7,8)9/h3-5,10H2,1-2H3/q+1. The Bertz CT molecular complexity index is 135. The highest BCUT2D eigenvalue weighted by Gasteiger charge is 2.36. The van der Waals surface area contributed by atoms with Crippen LogP contribution in [-0.2, 0) is 4.84 Å². The van der Waals surface area contributed by atoms with Crippen molar-refractivity contribution in [3.63, 3.8) is 0 Å². The van der Waals surface area contributed by atoms with Gasteiger partial charge in [0.25, 0.3) is 0 Å². The molecule has 0 spiro atoms. The Labute approximate surface area is 69.4 Å². The molecule has 0 atom stereocenters. The molecule has 0 amide bonds. The van der Waals surface area contributed by atoms with Gasteiger partial charge in [0.05, 0.1) is 14.1 Å². The molecule has 0 saturated carbocycles. The van der Waals surface area contributed by atoms with E-state index in [0.717, 1.165) is 0 Å². The van der Waals surface area contributed by atoms with Gasteiger partial charge in [-0.3, -0.25) is 4.84 Å². The van der Waals surface area contributed by atoms with Gasteiger partial charge in [-0.15, -0.1) is 0 Å². The van der Waals surface area contributed by atoms with Crippen LogP contribution in [0.4, 0.5) is 13.2 Å². The van der Waals surface area contributed by atoms with Crippen LogP contribution in [0.15, 0.2) is 0 Å². The van der Waals surface area contributed by atoms with Gasteiger partial charge in [0.1, 0.15) is 13.2 Å². The third-order valence-electron chi connectivity index (χ3n) is 1.42. The Hall–Kier alpha value is -0.330. The Morgan fingerprint density at radius 2 is 1.83 bits per heavy atom. The van der Waals surface area contributed by atoms with Crippen LogP contribution in [0.3, 0.4) is 0 Å². The minimum atomic E-state index is -4.14. The second-order valence-corrected chi connectivity index (χ2v) is 3.30. The zero-order valence-corrected chi connectivity index (χ0v) is 7.19. The monoisotopic (exact) mass is 187 g/mol. The molecule has 74 valence electrons. The van der Waals surface area contributed by atoms with Crippen molar-refractivity contribution in [1.29, 1.82) is 0 Å². The molecule has 0 aliphatic rings. The molecule has 0 aliphatic heterocycles. The molecule has 0 unspecified atom stereocenters. The number of likely N-dealkylation sites (N-methyl/N-ethyl adjacent to an activating group) is 1. The molecule has 12 heavy (non-hydrogen) atoms. The van der Waals surface area contributed by atoms with Crippen LogP contribution in [0.25, 0.3) is 0 Å². The number of hydrogen-bond donors (Lipinski definition) is 1. The van der Waals surface area contributed by atoms with E-state index < -0.39 is 12.7 Å². The summed E-state index contributed by atoms with van der Waals surface area (Å²) in [5.41, 5.74) is 0. The Balaban J connectivity index is 3.86. The SMILES string of the molecule is C[N+](C)(CCON)CC(F)(F)F. The summed E-state index contributed by atoms with van der Waals surface area (Å²) >= 11 is 0. The van der Waals surface area contributed by atoms with E-state index in [0.29, 0.717) is 0 Å². The summed E-state index contributed by atoms with van der Waals surface area (Å²) < 4.78 is 35.5. The van der Waals surface area contributed by atoms with Gasteiger partial charge in [-0.1, -0.05) is 0 Å². The molecule has 0 aliphatic carbocycles. The van der Waals surface area contributed by atoms with Crippen molar-refractivity contribution in [3.8, 4) is 0 Å². The summed E-state index contributed by atoms with van der Waals surface area (Å²) in [6, 6.07) is 0. The van der Waals surface area contributed by atoms with Crippen molar-refractivity contribution in [2.45, 2.75) is 6.18 Å². The number of alkyl halides is 3. The first kappa shape index (κ1) is 11.7. The summed E-state index contributed by atoms with van der Waals surface area (Å²) in [4.78, 5) is 4.21. The second kappa shape index (κ2) is 4.06. The second-order valence-electron chi connectivity index (χ2n) is 3.30. The molecule has 0 aromatic rings. The summed E-state index contributed by atoms with van der Waals surface area (Å²) in [7, 11) is 2.96. The number of rotatable bonds is 4. The lowest BCUT2D eigenvalue weighted by atomic mass is 10.4. The van der Waals surface area contributed by atoms with E-state index >= 15 is 0 Å². The number of hydrogen-bond acceptors (Lipinski definition) is 2. The van der Waals surface area contributed by atoms with Crippen molar-refractivity contribution < 1.29 is 22.5 Å². The highest BCUT2D eigenvalue weighted by Crippen LogP contribution is 2.18. The first-order chi connectivity index (χ1) is 5.27. The van der Waals surface area contributed by atoms with E-state index in [1.807, 2.05) is 0 Å². The molecular weight excluding hydrogens is 173 g/mol. The van der Waals surface area contributed by atoms with Crippen LogP contribution in [0.1, 0.15) is 0 Å². The predicted octanol–water partition coefficient (Wildman–Crippen LogP) is 0.515. The van der Waals surface area contributed by atoms with Crippen molar-refractivity contribution >= 4 is 0 Å². The van der Waals surface area contributed by atoms with Gasteiger partial charge in [0.15, 0.2) is 6.54 Å². The molecule has 0 radical (unpaired) electrons. The molecule has 0 aromatic carbocycles. The lowest BCUT2D eigenvalue weighted by molar-refractivity contribution is -0.900. The molecule has 2 N–H and O–H groups in total. The van der Waals surface area contributed by atoms with Crippen molar-refractivity contribution in [3.05, 3.63) is 0 Å². The van der Waals surface area contributed by atoms with Crippen molar-refractivity contribution in [1.82, 2.24) is 0 Å². The van der Waals surface area contributed by atoms with E-state index in [2.05, 4.69) is 4.84 Å². The fourth-order valence-corrected chi connectivity index (χ4v) is 0.864. The van der Waals surface area contributed by atoms with Crippen LogP contribution >= 0.6 is 0 Å². The Morgan fingerprint density at radius 3 is 2.17 bits per heavy atom. The average Bonchev–Trinajstić information content (AvgIpc) is 1.78. The van der Waals surface area contributed by atoms with E-state index in [-0.39, 0.29) is 17.6 Å². The quantitative estimate of drug-likeness (QED) is 0.514. The van der Waals surface area contributed by atoms with Crippen molar-refractivity contribution in [2.75, 3.05) is 33.8 Å². The van der Waals surface area contributed by atoms with E-state index in [1.54, 1.807) is 0 Å². The first-order valence-electron chi connectivity index (χ1n) is 3.47. The van der Waals surface area contributed by atoms with Gasteiger partial charge >= 0.3 is 6.18 Å². The highest BCUT2D eigenvalue weighted by molar-refractivity contribution is 4.46. The normalized spacial score (nSPS) is 13.5. The van der Waals surface area contributed by atoms with E-state index in [9.17, 15) is 13.2 Å². The first-order valence-corrected chi connectivity index (χ1v) is 3.47. The van der Waals surface area contributed by atoms with Gasteiger partial charge in [0, 0.05) is 0 Å². The van der Waals surface area contributed by atoms with Gasteiger partial charge < -0.3 is 4.48 Å². The largest absolute Gasteiger partial charge is 0.438 e. The molecule has 6 heteroatoms. The Morgan fingerprint density at radius 1 is 1.33 bits per heavy atom. The number of nitrogens with two attached hydrogens (primary N) is 1. The molecule has 0 saturated heterocycles. The number of halogens is 3. The molecule has 0 fully saturated rings. The van der Waals surface area contributed by atoms with Crippen LogP contribution in [0, 0.1) is 0 Å². The predicted molar refractivity (Wildman–Crippen MR) is 38.0 cm³/mol. The number of quaternary nitrogens is 1. The van der Waals surface area contributed by atoms with Crippen LogP contribution < -0.4 is 5.90 Å². The third kappa shape index (κ3) is 6.38. The zero-order chi connectivity index (χ0) is 9.83. The van der Waals surface area contributed by atoms with E-state index in [1.165, 1.54) is 14.1 Å². The summed E-state index contributed by atoms with van der Waals surface area (Å²) in [5.74, 6) is 4.71. The lowest BCUT2D eigenvalue weighted by Crippen LogP contribution is -2.48. The Kier molecular flexibility index (Phi) is 3.95. The van der Waals surface area contributed by atoms with Crippen LogP contribution in [0.2, 0.25) is 0 Å². The molecule has 0 aromatic heterocycles. The van der Waals surface area contributed by atoms with E-state index in [4.69, 9.17) is 5.90 Å². The summed E-state index contributed by atoms with van der Waals surface area (Å²) in [6.07, 6.45) is -4.14. The van der Waals surface area contributed by atoms with Gasteiger partial charge in [0.2, 0.25) is 0 Å². The minimum Gasteiger partial charge on any atom is -0.319 e. The maximum atomic E-state index is 11.9. The molecule has 0 rings (SSSR count). The highest BCUT2D eigenvalue weighted by atomic mass is 19.4. The maximum Gasteiger partial charge on any atom is 0.438 e. The fourth-order valence-electron chi connectivity index (χ4n) is 0.864. The molecule has 0 heterocycles. The summed E-state index contributed by atoms with van der Waals surface area (Å²) in [6.45, 7) is -0.491. The smallest absolute Gasteiger partial charge is 0.319 e. The topological polar surface area (TPSA) is 35.2 Å². The molecule has 0 bridgehead atoms. The van der Waals surface area contributed by atoms with Gasteiger partial charge in [-0.2, -0.15) is 13.2 Å². The minimum absolute atomic E-state index is 0.128. The van der Waals surface area contributed by atoms with Crippen LogP contribution in [0.5, 0.6) is 0 Å². The van der Waals surface area contributed by atoms with Gasteiger partial charge in [-0.05, 0) is 0 Å². The molecule has 3 nitrogen and oxygen atoms in total. The zero-order valence-electron chi connectivity index (χ0n) is 7.19. The number of nitrogens with zero attached hydrogens (tertiary/aromatic N) is 1. The van der Waals surface area contributed by atoms with Crippen molar-refractivity contribution in [2.24, 2.45) is 5.90 Å². The maximum absolute atomic E-state index is 11.9. The van der Waals surface area contributed by atoms with Crippen LogP contribution in [-0.4, -0.2) is 44.5 Å². The lowest BCUT2D eigenvalue weighted by Gasteiger charge is -2.29. The summed E-state index contributed by atoms with van der Waals surface area (Å²) in [5, 5.41) is 0.